The molecule has 2 heterocycles. The maximum atomic E-state index is 4.45. The summed E-state index contributed by atoms with van der Waals surface area (Å²) in [7, 11) is 0. The van der Waals surface area contributed by atoms with Crippen LogP contribution in [0, 0.1) is 19.8 Å². The van der Waals surface area contributed by atoms with Crippen LogP contribution in [0.2, 0.25) is 0 Å². The summed E-state index contributed by atoms with van der Waals surface area (Å²) in [4.78, 5) is 5.94. The van der Waals surface area contributed by atoms with Crippen LogP contribution in [0.5, 0.6) is 0 Å². The lowest BCUT2D eigenvalue weighted by Gasteiger charge is -2.05. The number of aryl methyl sites for hydroxylation is 2. The van der Waals surface area contributed by atoms with Crippen molar-refractivity contribution < 1.29 is 0 Å². The number of aromatic nitrogens is 1. The fourth-order valence-corrected chi connectivity index (χ4v) is 2.97. The van der Waals surface area contributed by atoms with Gasteiger partial charge in [0.2, 0.25) is 0 Å². The molecule has 1 saturated heterocycles. The first kappa shape index (κ1) is 9.16. The highest BCUT2D eigenvalue weighted by molar-refractivity contribution is 7.11. The van der Waals surface area contributed by atoms with E-state index in [2.05, 4.69) is 24.1 Å². The van der Waals surface area contributed by atoms with Crippen LogP contribution in [0.15, 0.2) is 0 Å². The third-order valence-electron chi connectivity index (χ3n) is 2.64. The highest BCUT2D eigenvalue weighted by Gasteiger charge is 2.17. The topological polar surface area (TPSA) is 24.9 Å². The molecular weight excluding hydrogens is 180 g/mol. The van der Waals surface area contributed by atoms with Crippen LogP contribution in [0.4, 0.5) is 0 Å². The van der Waals surface area contributed by atoms with Crippen molar-refractivity contribution in [3.05, 3.63) is 15.6 Å². The molecule has 0 spiro atoms. The first-order valence-electron chi connectivity index (χ1n) is 4.89. The second kappa shape index (κ2) is 3.76. The standard InChI is InChI=1S/C10H16N2S/c1-7-10(13-8(2)12-7)5-9-3-4-11-6-9/h9,11H,3-6H2,1-2H3. The summed E-state index contributed by atoms with van der Waals surface area (Å²) in [5, 5.41) is 4.61. The monoisotopic (exact) mass is 196 g/mol. The van der Waals surface area contributed by atoms with Gasteiger partial charge in [-0.15, -0.1) is 11.3 Å². The summed E-state index contributed by atoms with van der Waals surface area (Å²) >= 11 is 1.86. The highest BCUT2D eigenvalue weighted by atomic mass is 32.1. The smallest absolute Gasteiger partial charge is 0.0900 e. The molecule has 0 amide bonds. The lowest BCUT2D eigenvalue weighted by atomic mass is 10.0. The van der Waals surface area contributed by atoms with Gasteiger partial charge in [0.15, 0.2) is 0 Å². The molecule has 1 aromatic rings. The van der Waals surface area contributed by atoms with E-state index in [0.29, 0.717) is 0 Å². The average molecular weight is 196 g/mol. The minimum absolute atomic E-state index is 0.846. The fourth-order valence-electron chi connectivity index (χ4n) is 1.91. The normalized spacial score (nSPS) is 22.5. The molecule has 0 radical (unpaired) electrons. The second-order valence-electron chi connectivity index (χ2n) is 3.80. The van der Waals surface area contributed by atoms with Crippen LogP contribution in [0.1, 0.15) is 22.0 Å². The first-order chi connectivity index (χ1) is 6.25. The van der Waals surface area contributed by atoms with Gasteiger partial charge in [0.25, 0.3) is 0 Å². The van der Waals surface area contributed by atoms with Crippen LogP contribution < -0.4 is 5.32 Å². The molecule has 0 saturated carbocycles. The molecule has 1 fully saturated rings. The maximum Gasteiger partial charge on any atom is 0.0900 e. The van der Waals surface area contributed by atoms with E-state index in [0.717, 1.165) is 5.92 Å². The van der Waals surface area contributed by atoms with E-state index in [4.69, 9.17) is 0 Å². The Morgan fingerprint density at radius 3 is 2.92 bits per heavy atom. The Morgan fingerprint density at radius 2 is 2.38 bits per heavy atom. The Hall–Kier alpha value is -0.410. The third-order valence-corrected chi connectivity index (χ3v) is 3.73. The molecule has 2 rings (SSSR count). The Morgan fingerprint density at radius 1 is 1.54 bits per heavy atom. The zero-order chi connectivity index (χ0) is 9.26. The number of hydrogen-bond donors (Lipinski definition) is 1. The molecule has 1 atom stereocenters. The summed E-state index contributed by atoms with van der Waals surface area (Å²) in [6, 6.07) is 0. The van der Waals surface area contributed by atoms with Crippen molar-refractivity contribution in [2.75, 3.05) is 13.1 Å². The van der Waals surface area contributed by atoms with Crippen molar-refractivity contribution in [2.45, 2.75) is 26.7 Å². The van der Waals surface area contributed by atoms with E-state index in [-0.39, 0.29) is 0 Å². The SMILES string of the molecule is Cc1nc(C)c(CC2CCNC2)s1. The molecule has 1 aromatic heterocycles. The molecule has 2 nitrogen and oxygen atoms in total. The summed E-state index contributed by atoms with van der Waals surface area (Å²) in [6.45, 7) is 6.60. The molecule has 1 aliphatic heterocycles. The number of hydrogen-bond acceptors (Lipinski definition) is 3. The minimum atomic E-state index is 0.846. The van der Waals surface area contributed by atoms with Gasteiger partial charge in [-0.05, 0) is 45.7 Å². The summed E-state index contributed by atoms with van der Waals surface area (Å²) in [5.74, 6) is 0.846. The van der Waals surface area contributed by atoms with Crippen molar-refractivity contribution in [1.82, 2.24) is 10.3 Å². The van der Waals surface area contributed by atoms with Crippen LogP contribution in [-0.4, -0.2) is 18.1 Å². The first-order valence-corrected chi connectivity index (χ1v) is 5.71. The molecule has 0 aromatic carbocycles. The lowest BCUT2D eigenvalue weighted by molar-refractivity contribution is 0.583. The zero-order valence-corrected chi connectivity index (χ0v) is 9.08. The van der Waals surface area contributed by atoms with Gasteiger partial charge in [0.05, 0.1) is 10.7 Å². The van der Waals surface area contributed by atoms with E-state index >= 15 is 0 Å². The Kier molecular flexibility index (Phi) is 2.65. The average Bonchev–Trinajstić information content (AvgIpc) is 2.63. The zero-order valence-electron chi connectivity index (χ0n) is 8.26. The molecule has 0 aliphatic carbocycles. The molecule has 1 N–H and O–H groups in total. The van der Waals surface area contributed by atoms with Crippen molar-refractivity contribution in [3.8, 4) is 0 Å². The Bertz CT molecular complexity index is 287. The van der Waals surface area contributed by atoms with Crippen LogP contribution in [0.25, 0.3) is 0 Å². The molecular formula is C10H16N2S. The molecule has 0 bridgehead atoms. The van der Waals surface area contributed by atoms with Gasteiger partial charge in [-0.3, -0.25) is 0 Å². The van der Waals surface area contributed by atoms with E-state index in [1.54, 1.807) is 0 Å². The predicted octanol–water partition coefficient (Wildman–Crippen LogP) is 1.91. The molecule has 72 valence electrons. The lowest BCUT2D eigenvalue weighted by Crippen LogP contribution is -2.10. The molecule has 3 heteroatoms. The number of nitrogens with zero attached hydrogens (tertiary/aromatic N) is 1. The third kappa shape index (κ3) is 2.09. The number of rotatable bonds is 2. The van der Waals surface area contributed by atoms with E-state index < -0.39 is 0 Å². The number of nitrogens with one attached hydrogen (secondary N) is 1. The van der Waals surface area contributed by atoms with E-state index in [9.17, 15) is 0 Å². The van der Waals surface area contributed by atoms with Crippen molar-refractivity contribution in [1.29, 1.82) is 0 Å². The van der Waals surface area contributed by atoms with Gasteiger partial charge in [-0.2, -0.15) is 0 Å². The van der Waals surface area contributed by atoms with Crippen LogP contribution in [-0.2, 0) is 6.42 Å². The Balaban J connectivity index is 2.03. The van der Waals surface area contributed by atoms with Crippen LogP contribution >= 0.6 is 11.3 Å². The quantitative estimate of drug-likeness (QED) is 0.781. The van der Waals surface area contributed by atoms with Crippen molar-refractivity contribution in [3.63, 3.8) is 0 Å². The predicted molar refractivity (Wildman–Crippen MR) is 56.3 cm³/mol. The minimum Gasteiger partial charge on any atom is -0.316 e. The van der Waals surface area contributed by atoms with Gasteiger partial charge in [0, 0.05) is 4.88 Å². The van der Waals surface area contributed by atoms with Gasteiger partial charge in [-0.1, -0.05) is 0 Å². The second-order valence-corrected chi connectivity index (χ2v) is 5.09. The van der Waals surface area contributed by atoms with Crippen LogP contribution in [0.3, 0.4) is 0 Å². The maximum absolute atomic E-state index is 4.45. The molecule has 1 aliphatic rings. The van der Waals surface area contributed by atoms with E-state index in [1.165, 1.54) is 41.5 Å². The molecule has 1 unspecified atom stereocenters. The van der Waals surface area contributed by atoms with Gasteiger partial charge in [0.1, 0.15) is 0 Å². The summed E-state index contributed by atoms with van der Waals surface area (Å²) < 4.78 is 0. The summed E-state index contributed by atoms with van der Waals surface area (Å²) in [6.07, 6.45) is 2.56. The van der Waals surface area contributed by atoms with E-state index in [1.807, 2.05) is 11.3 Å². The van der Waals surface area contributed by atoms with Crippen molar-refractivity contribution >= 4 is 11.3 Å². The fraction of sp³-hybridized carbons (Fsp3) is 0.700. The Labute approximate surface area is 83.4 Å². The molecule has 13 heavy (non-hydrogen) atoms. The summed E-state index contributed by atoms with van der Waals surface area (Å²) in [5.41, 5.74) is 1.24. The largest absolute Gasteiger partial charge is 0.316 e. The highest BCUT2D eigenvalue weighted by Crippen LogP contribution is 2.23. The van der Waals surface area contributed by atoms with Crippen molar-refractivity contribution in [2.24, 2.45) is 5.92 Å². The number of thiazole rings is 1. The van der Waals surface area contributed by atoms with Gasteiger partial charge >= 0.3 is 0 Å². The van der Waals surface area contributed by atoms with Gasteiger partial charge in [-0.25, -0.2) is 4.98 Å². The van der Waals surface area contributed by atoms with Gasteiger partial charge < -0.3 is 5.32 Å².